The van der Waals surface area contributed by atoms with E-state index in [4.69, 9.17) is 104 Å². The molecule has 4 aliphatic rings. The highest BCUT2D eigenvalue weighted by molar-refractivity contribution is 5.90. The van der Waals surface area contributed by atoms with Crippen molar-refractivity contribution in [3.63, 3.8) is 0 Å². The minimum atomic E-state index is -1.63. The molecular weight excluding hydrogens is 1700 g/mol. The van der Waals surface area contributed by atoms with E-state index >= 15 is 0 Å². The molecule has 0 radical (unpaired) electrons. The normalized spacial score (nSPS) is 23.2. The van der Waals surface area contributed by atoms with E-state index in [2.05, 4.69) is 52.8 Å². The van der Waals surface area contributed by atoms with E-state index in [0.29, 0.717) is 50.8 Å². The molecule has 8 heterocycles. The Labute approximate surface area is 734 Å². The number of hydrogen-bond donors (Lipinski definition) is 6. The van der Waals surface area contributed by atoms with Gasteiger partial charge in [-0.1, -0.05) is 84.5 Å². The van der Waals surface area contributed by atoms with Crippen LogP contribution >= 0.6 is 0 Å². The van der Waals surface area contributed by atoms with Crippen molar-refractivity contribution in [1.82, 2.24) is 25.6 Å². The smallest absolute Gasteiger partial charge is 0.338 e. The Morgan fingerprint density at radius 2 is 0.992 bits per heavy atom. The number of aromatic nitrogens is 3. The minimum Gasteiger partial charge on any atom is -0.487 e. The summed E-state index contributed by atoms with van der Waals surface area (Å²) in [7, 11) is 0. The summed E-state index contributed by atoms with van der Waals surface area (Å²) < 4.78 is 85.3. The van der Waals surface area contributed by atoms with Crippen molar-refractivity contribution in [2.75, 3.05) is 33.0 Å². The van der Waals surface area contributed by atoms with Crippen LogP contribution in [0.4, 0.5) is 0 Å². The Kier molecular flexibility index (Phi) is 38.2. The number of ether oxygens (including phenoxy) is 13. The lowest BCUT2D eigenvalue weighted by Crippen LogP contribution is -2.64. The monoisotopic (exact) mass is 1790 g/mol. The maximum atomic E-state index is 12.4. The number of aliphatic hydroxyl groups excluding tert-OH is 4. The quantitative estimate of drug-likeness (QED) is 0.00692. The van der Waals surface area contributed by atoms with Crippen LogP contribution in [0.3, 0.4) is 0 Å². The molecule has 42 heteroatoms. The Hall–Kier alpha value is -14.6. The van der Waals surface area contributed by atoms with Gasteiger partial charge in [0.1, 0.15) is 116 Å². The second-order valence-electron chi connectivity index (χ2n) is 28.7. The highest BCUT2D eigenvalue weighted by atomic mass is 16.7. The van der Waals surface area contributed by atoms with Gasteiger partial charge >= 0.3 is 52.7 Å². The highest BCUT2D eigenvalue weighted by Crippen LogP contribution is 2.34. The molecule has 4 fully saturated rings. The number of esters is 6. The molecule has 129 heavy (non-hydrogen) atoms. The van der Waals surface area contributed by atoms with Crippen LogP contribution in [0.15, 0.2) is 196 Å². The Morgan fingerprint density at radius 3 is 1.47 bits per heavy atom. The second-order valence-corrected chi connectivity index (χ2v) is 28.7. The van der Waals surface area contributed by atoms with Crippen LogP contribution in [0.25, 0.3) is 53.8 Å². The summed E-state index contributed by atoms with van der Waals surface area (Å²) in [5.74, 6) is 1.21. The molecule has 4 saturated heterocycles. The molecule has 2 amide bonds. The number of azide groups is 2. The van der Waals surface area contributed by atoms with Crippen LogP contribution in [0.5, 0.6) is 17.2 Å². The number of nitrogens with one attached hydrogen (secondary N) is 2. The molecule has 0 spiro atoms. The molecule has 9 aromatic rings. The molecule has 0 aliphatic carbocycles. The van der Waals surface area contributed by atoms with Gasteiger partial charge in [0.25, 0.3) is 0 Å². The summed E-state index contributed by atoms with van der Waals surface area (Å²) in [4.78, 5) is 132. The van der Waals surface area contributed by atoms with Crippen LogP contribution in [-0.4, -0.2) is 208 Å². The lowest BCUT2D eigenvalue weighted by Gasteiger charge is -2.44. The van der Waals surface area contributed by atoms with Crippen LogP contribution in [0.1, 0.15) is 88.7 Å². The van der Waals surface area contributed by atoms with E-state index in [9.17, 15) is 68.1 Å². The first-order valence-corrected chi connectivity index (χ1v) is 39.5. The summed E-state index contributed by atoms with van der Waals surface area (Å²) in [5.41, 5.74) is 18.3. The van der Waals surface area contributed by atoms with Crippen molar-refractivity contribution in [1.29, 1.82) is 0 Å². The summed E-state index contributed by atoms with van der Waals surface area (Å²) >= 11 is 0. The van der Waals surface area contributed by atoms with Crippen LogP contribution < -0.4 is 41.7 Å². The predicted molar refractivity (Wildman–Crippen MR) is 449 cm³/mol. The third kappa shape index (κ3) is 30.1. The average Bonchev–Trinajstić information content (AvgIpc) is 1.38. The van der Waals surface area contributed by atoms with Gasteiger partial charge in [-0.2, -0.15) is 0 Å². The molecule has 13 rings (SSSR count). The minimum absolute atomic E-state index is 0.00244. The van der Waals surface area contributed by atoms with E-state index in [1.54, 1.807) is 116 Å². The molecule has 0 saturated carbocycles. The molecule has 682 valence electrons. The SMILES string of the molecule is C#CCOc1ccc2ccc(=O)oc2c1.C#CCOc1ccc2ccc(=O)oc2c1.CC(=O)OCC1OC(OC(C)=O)C(NC(=O)CN=[N+]=[N-])[C@@H](C)[C@H]1OC(C)=O.CC(=O)O[C@@H]1O[C@H](C)C(C)[C@@H]1OC(=O)c1ccccc1.CC1[C@H](OC(=O)c2ccccc2)C(N=[N+]=[N-])O[C@@H]1C.O=C(Cn1nncc1COc1ccc2ccc(=O)oc2c1)N[C@@H]1C(O)OC(CO)[C@H](O)[C@@H]1O. The molecule has 18 atom stereocenters. The first-order chi connectivity index (χ1) is 61.7. The second kappa shape index (κ2) is 49.4. The van der Waals surface area contributed by atoms with Gasteiger partial charge in [0.2, 0.25) is 24.4 Å². The lowest BCUT2D eigenvalue weighted by molar-refractivity contribution is -0.256. The zero-order valence-corrected chi connectivity index (χ0v) is 70.8. The van der Waals surface area contributed by atoms with Crippen LogP contribution in [0, 0.1) is 42.4 Å². The van der Waals surface area contributed by atoms with Gasteiger partial charge in [-0.3, -0.25) is 28.8 Å². The Balaban J connectivity index is 0.000000196. The number of carbonyl (C=O) groups excluding carboxylic acids is 8. The standard InChI is InChI=1S/C20H22N4O9.C15H22N4O8.C15H18O5.C13H15N3O3.2C12H8O3/c25-8-14-18(28)19(29)17(20(30)33-14)22-15(26)7-24-11(6-21-23-24)9-31-12-3-1-10-2-4-16(27)32-13(10)5-12;1-7-13(18-12(23)5-17-19-16)15(26-10(4)22)27-11(6-24-8(2)20)14(7)25-9(3)21;1-9-10(2)18-15(19-11(3)16)13(9)20-14(17)12-7-5-4-6-8-12;1-8-9(2)18-12(15-16-14)11(8)19-13(17)10-6-4-3-5-7-10;2*1-2-7-14-10-5-3-9-4-6-12(13)15-11(9)8-10/h1-6,14,17-20,25,28-30H,7-9H2,(H,22,26);7,11,13-15H,5-6H2,1-4H3,(H,18,23);4-10,13,15H,1-3H3;3-9,11-12H,1-2H3;2*1,3-6,8H,7H2/t14?,17-,18-,19+,20?;7-,11?,13?,14-,15?;9?,10-,13+,15+;8?,9-,11+,12?;;/m0111../s1. The van der Waals surface area contributed by atoms with Crippen molar-refractivity contribution in [3.8, 4) is 41.9 Å². The molecule has 8 unspecified atom stereocenters. The fourth-order valence-corrected chi connectivity index (χ4v) is 12.7. The van der Waals surface area contributed by atoms with Crippen molar-refractivity contribution < 1.29 is 134 Å². The average molecular weight is 1790 g/mol. The van der Waals surface area contributed by atoms with Gasteiger partial charge in [-0.05, 0) is 104 Å². The van der Waals surface area contributed by atoms with Gasteiger partial charge in [-0.25, -0.2) is 28.7 Å². The highest BCUT2D eigenvalue weighted by Gasteiger charge is 2.50. The number of nitrogens with zero attached hydrogens (tertiary/aromatic N) is 9. The largest absolute Gasteiger partial charge is 0.487 e. The fraction of sp³-hybridized carbons (Fsp3) is 0.391. The maximum Gasteiger partial charge on any atom is 0.338 e. The number of amides is 2. The molecule has 5 aromatic carbocycles. The molecular formula is C87H93N11O31. The zero-order chi connectivity index (χ0) is 94.0. The summed E-state index contributed by atoms with van der Waals surface area (Å²) in [6.07, 6.45) is -0.374. The molecule has 4 aliphatic heterocycles. The van der Waals surface area contributed by atoms with E-state index in [0.717, 1.165) is 23.1 Å². The third-order valence-electron chi connectivity index (χ3n) is 19.4. The molecule has 42 nitrogen and oxygen atoms in total. The number of benzene rings is 5. The predicted octanol–water partition coefficient (Wildman–Crippen LogP) is 6.75. The molecule has 6 N–H and O–H groups in total. The van der Waals surface area contributed by atoms with Gasteiger partial charge in [0.15, 0.2) is 18.6 Å². The molecule has 0 bridgehead atoms. The van der Waals surface area contributed by atoms with Crippen molar-refractivity contribution >= 4 is 80.5 Å². The summed E-state index contributed by atoms with van der Waals surface area (Å²) in [5, 5.41) is 60.8. The van der Waals surface area contributed by atoms with Crippen molar-refractivity contribution in [2.45, 2.75) is 168 Å². The van der Waals surface area contributed by atoms with Gasteiger partial charge in [0, 0.05) is 108 Å². The number of aliphatic hydroxyl groups is 4. The topological polar surface area (TPSA) is 580 Å². The Morgan fingerprint density at radius 1 is 0.519 bits per heavy atom. The number of fused-ring (bicyclic) bond motifs is 3. The van der Waals surface area contributed by atoms with E-state index in [1.165, 1.54) is 49.8 Å². The number of rotatable bonds is 24. The first-order valence-electron chi connectivity index (χ1n) is 39.5. The first kappa shape index (κ1) is 99.9. The van der Waals surface area contributed by atoms with E-state index in [-0.39, 0.29) is 68.3 Å². The van der Waals surface area contributed by atoms with Gasteiger partial charge in [-0.15, -0.1) is 17.9 Å². The zero-order valence-electron chi connectivity index (χ0n) is 70.8. The van der Waals surface area contributed by atoms with E-state index in [1.807, 2.05) is 52.0 Å². The summed E-state index contributed by atoms with van der Waals surface area (Å²) in [6.45, 7) is 12.8. The third-order valence-corrected chi connectivity index (χ3v) is 19.4. The van der Waals surface area contributed by atoms with Crippen molar-refractivity contribution in [3.05, 3.63) is 227 Å². The van der Waals surface area contributed by atoms with Crippen LogP contribution in [0.2, 0.25) is 0 Å². The number of carbonyl (C=O) groups is 8. The van der Waals surface area contributed by atoms with Gasteiger partial charge in [0.05, 0.1) is 47.9 Å². The van der Waals surface area contributed by atoms with Crippen molar-refractivity contribution in [2.24, 2.45) is 28.0 Å². The Bertz CT molecular complexity index is 5600. The lowest BCUT2D eigenvalue weighted by atomic mass is 9.88. The van der Waals surface area contributed by atoms with E-state index < -0.39 is 152 Å². The maximum absolute atomic E-state index is 12.4. The van der Waals surface area contributed by atoms with Gasteiger partial charge < -0.3 is 106 Å². The number of terminal acetylenes is 2. The fourth-order valence-electron chi connectivity index (χ4n) is 12.7. The summed E-state index contributed by atoms with van der Waals surface area (Å²) in [6, 6.07) is 39.8. The number of hydrogen-bond acceptors (Lipinski definition) is 35. The molecule has 4 aromatic heterocycles. The van der Waals surface area contributed by atoms with Crippen LogP contribution in [-0.2, 0) is 89.3 Å².